The Morgan fingerprint density at radius 1 is 1.06 bits per heavy atom. The van der Waals surface area contributed by atoms with Crippen molar-refractivity contribution in [1.29, 1.82) is 0 Å². The third kappa shape index (κ3) is 3.91. The molecule has 33 heavy (non-hydrogen) atoms. The molecule has 1 aliphatic carbocycles. The summed E-state index contributed by atoms with van der Waals surface area (Å²) in [6, 6.07) is 20.0. The molecule has 0 bridgehead atoms. The first-order valence-electron chi connectivity index (χ1n) is 10.6. The van der Waals surface area contributed by atoms with E-state index in [2.05, 4.69) is 15.9 Å². The third-order valence-electron chi connectivity index (χ3n) is 6.28. The Morgan fingerprint density at radius 3 is 2.15 bits per heavy atom. The summed E-state index contributed by atoms with van der Waals surface area (Å²) in [6.45, 7) is 3.02. The predicted octanol–water partition coefficient (Wildman–Crippen LogP) is 6.16. The minimum Gasteiger partial charge on any atom is -0.479 e. The maximum absolute atomic E-state index is 14.8. The van der Waals surface area contributed by atoms with Crippen molar-refractivity contribution in [3.63, 3.8) is 0 Å². The maximum Gasteiger partial charge on any atom is 0.411 e. The molecular formula is C26H23BrFNO4. The van der Waals surface area contributed by atoms with E-state index in [-0.39, 0.29) is 24.6 Å². The second kappa shape index (κ2) is 8.98. The monoisotopic (exact) mass is 511 g/mol. The second-order valence-corrected chi connectivity index (χ2v) is 8.97. The van der Waals surface area contributed by atoms with E-state index in [9.17, 15) is 19.1 Å². The molecule has 0 fully saturated rings. The lowest BCUT2D eigenvalue weighted by molar-refractivity contribution is -0.150. The number of carbonyl (C=O) groups is 2. The molecular weight excluding hydrogens is 489 g/mol. The van der Waals surface area contributed by atoms with Gasteiger partial charge in [0, 0.05) is 22.5 Å². The van der Waals surface area contributed by atoms with Crippen molar-refractivity contribution >= 4 is 28.0 Å². The van der Waals surface area contributed by atoms with Crippen LogP contribution in [0.1, 0.15) is 36.5 Å². The number of nitrogens with zero attached hydrogens (tertiary/aromatic N) is 1. The second-order valence-electron chi connectivity index (χ2n) is 8.05. The minimum absolute atomic E-state index is 0.0228. The quantitative estimate of drug-likeness (QED) is 0.430. The van der Waals surface area contributed by atoms with Gasteiger partial charge in [-0.1, -0.05) is 70.5 Å². The molecule has 4 rings (SSSR count). The highest BCUT2D eigenvalue weighted by Crippen LogP contribution is 2.44. The molecule has 0 saturated carbocycles. The van der Waals surface area contributed by atoms with Crippen LogP contribution in [0.3, 0.4) is 0 Å². The van der Waals surface area contributed by atoms with Gasteiger partial charge in [0.25, 0.3) is 0 Å². The molecule has 0 saturated heterocycles. The summed E-state index contributed by atoms with van der Waals surface area (Å²) in [5, 5.41) is 10.0. The number of carboxylic acids is 1. The summed E-state index contributed by atoms with van der Waals surface area (Å²) >= 11 is 3.18. The Labute approximate surface area is 199 Å². The van der Waals surface area contributed by atoms with Crippen molar-refractivity contribution < 1.29 is 23.8 Å². The molecule has 0 aliphatic heterocycles. The number of halogens is 2. The predicted molar refractivity (Wildman–Crippen MR) is 127 cm³/mol. The number of rotatable bonds is 6. The van der Waals surface area contributed by atoms with Crippen LogP contribution in [0.15, 0.2) is 71.2 Å². The zero-order valence-electron chi connectivity index (χ0n) is 18.2. The fourth-order valence-corrected chi connectivity index (χ4v) is 4.89. The topological polar surface area (TPSA) is 66.8 Å². The Balaban J connectivity index is 1.63. The van der Waals surface area contributed by atoms with Gasteiger partial charge in [0.1, 0.15) is 12.4 Å². The molecule has 1 N–H and O–H groups in total. The normalized spacial score (nSPS) is 14.2. The molecule has 0 radical (unpaired) electrons. The lowest BCUT2D eigenvalue weighted by Crippen LogP contribution is -2.53. The summed E-state index contributed by atoms with van der Waals surface area (Å²) < 4.78 is 20.9. The average molecular weight is 512 g/mol. The maximum atomic E-state index is 14.8. The number of carbonyl (C=O) groups excluding carboxylic acids is 1. The van der Waals surface area contributed by atoms with E-state index < -0.39 is 23.4 Å². The van der Waals surface area contributed by atoms with Crippen LogP contribution < -0.4 is 0 Å². The van der Waals surface area contributed by atoms with E-state index in [0.29, 0.717) is 4.47 Å². The van der Waals surface area contributed by atoms with E-state index >= 15 is 0 Å². The van der Waals surface area contributed by atoms with Gasteiger partial charge in [-0.25, -0.2) is 14.0 Å². The zero-order valence-corrected chi connectivity index (χ0v) is 19.8. The highest BCUT2D eigenvalue weighted by atomic mass is 79.9. The van der Waals surface area contributed by atoms with Gasteiger partial charge in [-0.2, -0.15) is 0 Å². The first-order valence-corrected chi connectivity index (χ1v) is 11.4. The number of amides is 1. The van der Waals surface area contributed by atoms with Gasteiger partial charge in [0.2, 0.25) is 0 Å². The molecule has 1 unspecified atom stereocenters. The molecule has 3 aromatic carbocycles. The fourth-order valence-electron chi connectivity index (χ4n) is 4.56. The number of likely N-dealkylation sites (N-methyl/N-ethyl adjacent to an activating group) is 1. The fraction of sp³-hybridized carbons (Fsp3) is 0.231. The van der Waals surface area contributed by atoms with Crippen molar-refractivity contribution in [2.45, 2.75) is 25.3 Å². The summed E-state index contributed by atoms with van der Waals surface area (Å²) in [7, 11) is 0. The number of aliphatic carboxylic acids is 1. The summed E-state index contributed by atoms with van der Waals surface area (Å²) in [5.41, 5.74) is 2.22. The van der Waals surface area contributed by atoms with Gasteiger partial charge < -0.3 is 9.84 Å². The molecule has 1 amide bonds. The van der Waals surface area contributed by atoms with Gasteiger partial charge in [0.05, 0.1) is 0 Å². The van der Waals surface area contributed by atoms with Crippen molar-refractivity contribution in [2.24, 2.45) is 0 Å². The smallest absolute Gasteiger partial charge is 0.411 e. The van der Waals surface area contributed by atoms with Gasteiger partial charge in [-0.3, -0.25) is 4.90 Å². The summed E-state index contributed by atoms with van der Waals surface area (Å²) in [4.78, 5) is 26.5. The van der Waals surface area contributed by atoms with Crippen LogP contribution >= 0.6 is 15.9 Å². The highest BCUT2D eigenvalue weighted by molar-refractivity contribution is 9.10. The summed E-state index contributed by atoms with van der Waals surface area (Å²) in [5.74, 6) is -2.24. The van der Waals surface area contributed by atoms with Gasteiger partial charge in [-0.05, 0) is 48.2 Å². The summed E-state index contributed by atoms with van der Waals surface area (Å²) in [6.07, 6.45) is -0.813. The van der Waals surface area contributed by atoms with Crippen LogP contribution in [0, 0.1) is 5.82 Å². The van der Waals surface area contributed by atoms with Crippen molar-refractivity contribution in [1.82, 2.24) is 4.90 Å². The lowest BCUT2D eigenvalue weighted by atomic mass is 9.89. The Kier molecular flexibility index (Phi) is 6.26. The van der Waals surface area contributed by atoms with E-state index in [1.54, 1.807) is 13.0 Å². The van der Waals surface area contributed by atoms with Crippen LogP contribution in [-0.4, -0.2) is 35.2 Å². The van der Waals surface area contributed by atoms with Crippen LogP contribution in [0.2, 0.25) is 0 Å². The van der Waals surface area contributed by atoms with Crippen molar-refractivity contribution in [3.05, 3.63) is 93.7 Å². The van der Waals surface area contributed by atoms with Gasteiger partial charge in [0.15, 0.2) is 5.54 Å². The first-order chi connectivity index (χ1) is 15.8. The molecule has 0 aromatic heterocycles. The third-order valence-corrected chi connectivity index (χ3v) is 6.78. The molecule has 3 aromatic rings. The van der Waals surface area contributed by atoms with E-state index in [1.807, 2.05) is 48.5 Å². The number of carboxylic acid groups (broad SMARTS) is 1. The van der Waals surface area contributed by atoms with Gasteiger partial charge in [-0.15, -0.1) is 0 Å². The number of fused-ring (bicyclic) bond motifs is 3. The molecule has 5 nitrogen and oxygen atoms in total. The zero-order chi connectivity index (χ0) is 23.8. The average Bonchev–Trinajstić information content (AvgIpc) is 3.11. The molecule has 7 heteroatoms. The number of benzene rings is 3. The SMILES string of the molecule is CCN(C(=O)OCC1c2ccccc2-c2ccccc21)C(C)(C(=O)O)c1ccc(Br)cc1F. The largest absolute Gasteiger partial charge is 0.479 e. The van der Waals surface area contributed by atoms with Crippen LogP contribution in [0.5, 0.6) is 0 Å². The highest BCUT2D eigenvalue weighted by Gasteiger charge is 2.46. The lowest BCUT2D eigenvalue weighted by Gasteiger charge is -2.37. The molecule has 0 heterocycles. The molecule has 170 valence electrons. The van der Waals surface area contributed by atoms with Gasteiger partial charge >= 0.3 is 12.1 Å². The standard InChI is InChI=1S/C26H23BrFNO4/c1-3-29(26(2,24(30)31)22-13-12-16(27)14-23(22)28)25(32)33-15-21-19-10-6-4-8-17(19)18-9-5-7-11-20(18)21/h4-14,21H,3,15H2,1-2H3,(H,30,31). The van der Waals surface area contributed by atoms with Crippen LogP contribution in [-0.2, 0) is 15.1 Å². The number of hydrogen-bond acceptors (Lipinski definition) is 3. The van der Waals surface area contributed by atoms with Crippen LogP contribution in [0.25, 0.3) is 11.1 Å². The number of ether oxygens (including phenoxy) is 1. The first kappa shape index (κ1) is 23.0. The molecule has 1 aliphatic rings. The van der Waals surface area contributed by atoms with Crippen molar-refractivity contribution in [2.75, 3.05) is 13.2 Å². The number of hydrogen-bond donors (Lipinski definition) is 1. The van der Waals surface area contributed by atoms with Crippen molar-refractivity contribution in [3.8, 4) is 11.1 Å². The Morgan fingerprint density at radius 2 is 1.64 bits per heavy atom. The minimum atomic E-state index is -1.94. The molecule has 1 atom stereocenters. The van der Waals surface area contributed by atoms with Crippen LogP contribution in [0.4, 0.5) is 9.18 Å². The van der Waals surface area contributed by atoms with E-state index in [1.165, 1.54) is 19.1 Å². The Hall–Kier alpha value is -3.19. The Bertz CT molecular complexity index is 1180. The van der Waals surface area contributed by atoms with E-state index in [4.69, 9.17) is 4.74 Å². The van der Waals surface area contributed by atoms with E-state index in [0.717, 1.165) is 27.2 Å². The molecule has 0 spiro atoms.